The highest BCUT2D eigenvalue weighted by Crippen LogP contribution is 2.31. The summed E-state index contributed by atoms with van der Waals surface area (Å²) in [6, 6.07) is 14.4. The summed E-state index contributed by atoms with van der Waals surface area (Å²) >= 11 is 3.88. The maximum Gasteiger partial charge on any atom is 0.128 e. The maximum absolute atomic E-state index is 14.3. The summed E-state index contributed by atoms with van der Waals surface area (Å²) in [6.07, 6.45) is 9.50. The van der Waals surface area contributed by atoms with Crippen molar-refractivity contribution < 1.29 is 9.13 Å². The molecule has 2 aliphatic heterocycles. The van der Waals surface area contributed by atoms with Crippen molar-refractivity contribution in [2.24, 2.45) is 11.8 Å². The largest absolute Gasteiger partial charge is 0.497 e. The Morgan fingerprint density at radius 2 is 1.47 bits per heavy atom. The van der Waals surface area contributed by atoms with Crippen LogP contribution in [0.15, 0.2) is 47.4 Å². The average molecular weight is 687 g/mol. The summed E-state index contributed by atoms with van der Waals surface area (Å²) in [5.41, 5.74) is 2.15. The van der Waals surface area contributed by atoms with Crippen LogP contribution in [0.2, 0.25) is 0 Å². The third-order valence-electron chi connectivity index (χ3n) is 9.87. The Bertz CT molecular complexity index is 1220. The summed E-state index contributed by atoms with van der Waals surface area (Å²) in [4.78, 5) is 8.61. The van der Waals surface area contributed by atoms with Crippen molar-refractivity contribution in [3.05, 3.63) is 48.3 Å². The SMILES string of the molecule is COc1cc(F)cc(N2CCN(SN3CCCN(CC4CCCCC4)CCCN(Sc4ccc(N(C)C)cc4)CC(C)C3)CC2C)c1. The van der Waals surface area contributed by atoms with Gasteiger partial charge in [0.05, 0.1) is 7.11 Å². The van der Waals surface area contributed by atoms with Crippen LogP contribution in [-0.4, -0.2) is 111 Å². The van der Waals surface area contributed by atoms with Crippen molar-refractivity contribution in [2.75, 3.05) is 96.5 Å². The van der Waals surface area contributed by atoms with E-state index in [0.717, 1.165) is 57.4 Å². The molecule has 2 aromatic carbocycles. The third kappa shape index (κ3) is 11.4. The van der Waals surface area contributed by atoms with Gasteiger partial charge in [-0.25, -0.2) is 17.3 Å². The Hall–Kier alpha value is -1.69. The first-order valence-electron chi connectivity index (χ1n) is 18.0. The van der Waals surface area contributed by atoms with Gasteiger partial charge in [0.2, 0.25) is 0 Å². The van der Waals surface area contributed by atoms with Crippen molar-refractivity contribution >= 4 is 35.5 Å². The third-order valence-corrected chi connectivity index (χ3v) is 12.1. The molecule has 0 aromatic heterocycles. The first-order chi connectivity index (χ1) is 22.7. The van der Waals surface area contributed by atoms with E-state index in [0.29, 0.717) is 11.7 Å². The lowest BCUT2D eigenvalue weighted by Gasteiger charge is -2.42. The van der Waals surface area contributed by atoms with Crippen molar-refractivity contribution in [3.8, 4) is 5.75 Å². The molecule has 2 aromatic rings. The van der Waals surface area contributed by atoms with Crippen molar-refractivity contribution in [2.45, 2.75) is 69.7 Å². The molecular formula is C37H59FN6OS2. The van der Waals surface area contributed by atoms with Gasteiger partial charge in [-0.05, 0) is 99.8 Å². The molecule has 0 amide bonds. The van der Waals surface area contributed by atoms with Gasteiger partial charge in [-0.3, -0.25) is 0 Å². The summed E-state index contributed by atoms with van der Waals surface area (Å²) in [5, 5.41) is 0. The normalized spacial score (nSPS) is 24.1. The molecule has 3 aliphatic rings. The molecule has 2 atom stereocenters. The van der Waals surface area contributed by atoms with E-state index in [-0.39, 0.29) is 11.9 Å². The Morgan fingerprint density at radius 1 is 0.787 bits per heavy atom. The molecule has 262 valence electrons. The number of piperazine rings is 1. The van der Waals surface area contributed by atoms with E-state index in [1.807, 2.05) is 30.1 Å². The summed E-state index contributed by atoms with van der Waals surface area (Å²) in [6.45, 7) is 15.4. The monoisotopic (exact) mass is 686 g/mol. The smallest absolute Gasteiger partial charge is 0.128 e. The highest BCUT2D eigenvalue weighted by atomic mass is 32.2. The number of methoxy groups -OCH3 is 1. The molecule has 0 bridgehead atoms. The van der Waals surface area contributed by atoms with E-state index < -0.39 is 0 Å². The van der Waals surface area contributed by atoms with Crippen LogP contribution in [0.3, 0.4) is 0 Å². The van der Waals surface area contributed by atoms with Gasteiger partial charge in [0, 0.05) is 113 Å². The molecule has 5 rings (SSSR count). The van der Waals surface area contributed by atoms with Gasteiger partial charge in [-0.2, -0.15) is 0 Å². The van der Waals surface area contributed by atoms with E-state index in [1.165, 1.54) is 81.2 Å². The van der Waals surface area contributed by atoms with Gasteiger partial charge in [0.25, 0.3) is 0 Å². The van der Waals surface area contributed by atoms with Crippen molar-refractivity contribution in [1.82, 2.24) is 17.8 Å². The van der Waals surface area contributed by atoms with Gasteiger partial charge in [-0.1, -0.05) is 26.2 Å². The van der Waals surface area contributed by atoms with Crippen LogP contribution in [0.1, 0.15) is 58.8 Å². The molecule has 0 N–H and O–H groups in total. The second kappa shape index (κ2) is 18.3. The molecule has 0 radical (unpaired) electrons. The molecule has 7 nitrogen and oxygen atoms in total. The molecule has 0 spiro atoms. The number of hydrogen-bond acceptors (Lipinski definition) is 9. The highest BCUT2D eigenvalue weighted by molar-refractivity contribution is 7.97. The number of nitrogens with zero attached hydrogens (tertiary/aromatic N) is 6. The summed E-state index contributed by atoms with van der Waals surface area (Å²) in [5.74, 6) is 1.76. The van der Waals surface area contributed by atoms with Crippen molar-refractivity contribution in [1.29, 1.82) is 0 Å². The van der Waals surface area contributed by atoms with E-state index in [4.69, 9.17) is 4.74 Å². The minimum Gasteiger partial charge on any atom is -0.497 e. The van der Waals surface area contributed by atoms with Crippen LogP contribution in [0, 0.1) is 17.7 Å². The Balaban J connectivity index is 1.23. The average Bonchev–Trinajstić information content (AvgIpc) is 3.04. The molecule has 2 heterocycles. The number of rotatable bonds is 9. The lowest BCUT2D eigenvalue weighted by atomic mass is 9.89. The van der Waals surface area contributed by atoms with E-state index in [1.54, 1.807) is 13.2 Å². The van der Waals surface area contributed by atoms with Crippen LogP contribution in [0.5, 0.6) is 5.75 Å². The first kappa shape index (κ1) is 36.6. The van der Waals surface area contributed by atoms with Gasteiger partial charge < -0.3 is 19.4 Å². The van der Waals surface area contributed by atoms with Crippen LogP contribution < -0.4 is 14.5 Å². The second-order valence-corrected chi connectivity index (χ2v) is 16.6. The highest BCUT2D eigenvalue weighted by Gasteiger charge is 2.28. The van der Waals surface area contributed by atoms with E-state index >= 15 is 0 Å². The van der Waals surface area contributed by atoms with Gasteiger partial charge >= 0.3 is 0 Å². The van der Waals surface area contributed by atoms with Gasteiger partial charge in [0.15, 0.2) is 0 Å². The molecule has 2 saturated heterocycles. The fourth-order valence-corrected chi connectivity index (χ4v) is 9.80. The Labute approximate surface area is 293 Å². The van der Waals surface area contributed by atoms with Crippen LogP contribution in [-0.2, 0) is 0 Å². The zero-order valence-electron chi connectivity index (χ0n) is 29.6. The minimum atomic E-state index is -0.244. The standard InChI is InChI=1S/C37H59FN6OS2/c1-30-26-41(46-37-15-13-34(14-16-37)39(3)4)19-9-17-40(29-32-11-7-6-8-12-32)18-10-20-42(27-30)47-43-21-22-44(31(2)28-43)35-23-33(38)24-36(25-35)45-5/h13-16,23-25,30-32H,6-12,17-22,26-29H2,1-5H3. The second-order valence-electron chi connectivity index (χ2n) is 14.2. The van der Waals surface area contributed by atoms with Crippen LogP contribution in [0.4, 0.5) is 15.8 Å². The maximum atomic E-state index is 14.3. The van der Waals surface area contributed by atoms with E-state index in [9.17, 15) is 4.39 Å². The Morgan fingerprint density at radius 3 is 2.15 bits per heavy atom. The summed E-state index contributed by atoms with van der Waals surface area (Å²) in [7, 11) is 5.81. The van der Waals surface area contributed by atoms with Gasteiger partial charge in [0.1, 0.15) is 11.6 Å². The van der Waals surface area contributed by atoms with Crippen molar-refractivity contribution in [3.63, 3.8) is 0 Å². The predicted molar refractivity (Wildman–Crippen MR) is 200 cm³/mol. The topological polar surface area (TPSA) is 28.7 Å². The lowest BCUT2D eigenvalue weighted by Crippen LogP contribution is -2.51. The summed E-state index contributed by atoms with van der Waals surface area (Å²) < 4.78 is 27.5. The molecule has 1 saturated carbocycles. The van der Waals surface area contributed by atoms with Crippen LogP contribution in [0.25, 0.3) is 0 Å². The number of hydrogen-bond donors (Lipinski definition) is 0. The number of anilines is 2. The zero-order chi connectivity index (χ0) is 33.2. The zero-order valence-corrected chi connectivity index (χ0v) is 31.2. The minimum absolute atomic E-state index is 0.244. The predicted octanol–water partition coefficient (Wildman–Crippen LogP) is 7.60. The fourth-order valence-electron chi connectivity index (χ4n) is 7.39. The first-order valence-corrected chi connectivity index (χ1v) is 19.5. The van der Waals surface area contributed by atoms with Crippen LogP contribution >= 0.6 is 24.1 Å². The number of benzene rings is 2. The number of ether oxygens (including phenoxy) is 1. The molecular weight excluding hydrogens is 628 g/mol. The number of halogens is 1. The molecule has 2 unspecified atom stereocenters. The van der Waals surface area contributed by atoms with E-state index in [2.05, 4.69) is 79.8 Å². The fraction of sp³-hybridized carbons (Fsp3) is 0.676. The lowest BCUT2D eigenvalue weighted by molar-refractivity contribution is 0.183. The quantitative estimate of drug-likeness (QED) is 0.248. The van der Waals surface area contributed by atoms with Gasteiger partial charge in [-0.15, -0.1) is 0 Å². The molecule has 1 aliphatic carbocycles. The molecule has 10 heteroatoms. The molecule has 3 fully saturated rings. The molecule has 47 heavy (non-hydrogen) atoms. The Kier molecular flexibility index (Phi) is 14.3.